The van der Waals surface area contributed by atoms with Crippen molar-refractivity contribution in [1.29, 1.82) is 0 Å². The van der Waals surface area contributed by atoms with Gasteiger partial charge < -0.3 is 14.3 Å². The number of benzene rings is 2. The average Bonchev–Trinajstić information content (AvgIpc) is 3.74. The van der Waals surface area contributed by atoms with Crippen LogP contribution < -0.4 is 4.84 Å². The normalized spacial score (nSPS) is 17.0. The molecule has 0 aliphatic carbocycles. The Morgan fingerprint density at radius 1 is 1.05 bits per heavy atom. The number of H-pyrrole nitrogens is 1. The average molecular weight is 548 g/mol. The van der Waals surface area contributed by atoms with Gasteiger partial charge >= 0.3 is 5.97 Å². The molecule has 1 aliphatic rings. The standard InChI is InChI=1S/C29H37N7O4/c1-4-5-6-7-8-11-16-35-19-29(38-2,39-3)18-26(35)28(37)40-36-20-30-24-17-21(14-15-25(24)36)22-12-9-10-13-23(22)27-31-33-34-32-27/h9-10,12-15,17,20,26H,4-8,11,16,18-19H2,1-3H3,(H,31,32,33,34)/t26-/m0/s1. The zero-order valence-corrected chi connectivity index (χ0v) is 23.4. The molecule has 0 amide bonds. The number of nitrogens with zero attached hydrogens (tertiary/aromatic N) is 6. The van der Waals surface area contributed by atoms with Crippen molar-refractivity contribution in [3.8, 4) is 22.5 Å². The zero-order valence-electron chi connectivity index (χ0n) is 23.4. The lowest BCUT2D eigenvalue weighted by Crippen LogP contribution is -2.41. The van der Waals surface area contributed by atoms with Crippen LogP contribution in [0.15, 0.2) is 48.8 Å². The van der Waals surface area contributed by atoms with E-state index in [1.807, 2.05) is 42.5 Å². The molecule has 4 aromatic rings. The van der Waals surface area contributed by atoms with Gasteiger partial charge in [0.05, 0.1) is 12.1 Å². The van der Waals surface area contributed by atoms with Gasteiger partial charge in [0.2, 0.25) is 5.82 Å². The smallest absolute Gasteiger partial charge is 0.350 e. The molecule has 40 heavy (non-hydrogen) atoms. The molecule has 2 aromatic heterocycles. The molecule has 11 nitrogen and oxygen atoms in total. The van der Waals surface area contributed by atoms with Crippen LogP contribution in [0.25, 0.3) is 33.5 Å². The highest BCUT2D eigenvalue weighted by Crippen LogP contribution is 2.33. The van der Waals surface area contributed by atoms with Gasteiger partial charge in [-0.25, -0.2) is 9.78 Å². The van der Waals surface area contributed by atoms with Crippen molar-refractivity contribution >= 4 is 17.0 Å². The first-order chi connectivity index (χ1) is 19.6. The van der Waals surface area contributed by atoms with Crippen LogP contribution in [0.1, 0.15) is 51.9 Å². The molecule has 1 aliphatic heterocycles. The summed E-state index contributed by atoms with van der Waals surface area (Å²) in [6.07, 6.45) is 9.03. The van der Waals surface area contributed by atoms with E-state index in [4.69, 9.17) is 14.3 Å². The highest BCUT2D eigenvalue weighted by Gasteiger charge is 2.48. The van der Waals surface area contributed by atoms with Crippen LogP contribution >= 0.6 is 0 Å². The van der Waals surface area contributed by atoms with Gasteiger partial charge in [-0.05, 0) is 41.4 Å². The summed E-state index contributed by atoms with van der Waals surface area (Å²) >= 11 is 0. The second-order valence-corrected chi connectivity index (χ2v) is 10.2. The lowest BCUT2D eigenvalue weighted by Gasteiger charge is -2.26. The number of hydrogen-bond acceptors (Lipinski definition) is 9. The molecule has 5 rings (SSSR count). The Kier molecular flexibility index (Phi) is 8.83. The Balaban J connectivity index is 1.31. The summed E-state index contributed by atoms with van der Waals surface area (Å²) in [7, 11) is 3.25. The fourth-order valence-corrected chi connectivity index (χ4v) is 5.44. The summed E-state index contributed by atoms with van der Waals surface area (Å²) in [6, 6.07) is 13.2. The number of ether oxygens (including phenoxy) is 2. The molecule has 1 atom stereocenters. The zero-order chi connectivity index (χ0) is 28.0. The van der Waals surface area contributed by atoms with Crippen LogP contribution in [0, 0.1) is 0 Å². The molecule has 2 aromatic carbocycles. The van der Waals surface area contributed by atoms with Gasteiger partial charge in [0.25, 0.3) is 0 Å². The lowest BCUT2D eigenvalue weighted by atomic mass is 9.99. The highest BCUT2D eigenvalue weighted by molar-refractivity contribution is 5.87. The Hall–Kier alpha value is -3.67. The van der Waals surface area contributed by atoms with Gasteiger partial charge in [0.15, 0.2) is 5.79 Å². The number of methoxy groups -OCH3 is 2. The van der Waals surface area contributed by atoms with Crippen molar-refractivity contribution in [2.24, 2.45) is 0 Å². The van der Waals surface area contributed by atoms with E-state index in [1.54, 1.807) is 14.2 Å². The third-order valence-electron chi connectivity index (χ3n) is 7.73. The number of hydrogen-bond donors (Lipinski definition) is 1. The number of unbranched alkanes of at least 4 members (excludes halogenated alkanes) is 5. The summed E-state index contributed by atoms with van der Waals surface area (Å²) in [5.74, 6) is -0.669. The van der Waals surface area contributed by atoms with Gasteiger partial charge in [-0.2, -0.15) is 9.94 Å². The molecular formula is C29H37N7O4. The van der Waals surface area contributed by atoms with Crippen molar-refractivity contribution in [1.82, 2.24) is 35.2 Å². The molecule has 0 spiro atoms. The second-order valence-electron chi connectivity index (χ2n) is 10.2. The largest absolute Gasteiger partial charge is 0.352 e. The van der Waals surface area contributed by atoms with Gasteiger partial charge in [0, 0.05) is 26.2 Å². The Labute approximate surface area is 233 Å². The van der Waals surface area contributed by atoms with Gasteiger partial charge in [-0.15, -0.1) is 10.2 Å². The number of likely N-dealkylation sites (tertiary alicyclic amines) is 1. The van der Waals surface area contributed by atoms with Crippen molar-refractivity contribution in [2.75, 3.05) is 27.3 Å². The first-order valence-electron chi connectivity index (χ1n) is 13.9. The van der Waals surface area contributed by atoms with Crippen molar-refractivity contribution in [2.45, 2.75) is 63.7 Å². The third kappa shape index (κ3) is 5.91. The maximum atomic E-state index is 13.5. The number of carbonyl (C=O) groups excluding carboxylic acids is 1. The van der Waals surface area contributed by atoms with E-state index >= 15 is 0 Å². The minimum Gasteiger partial charge on any atom is -0.352 e. The van der Waals surface area contributed by atoms with Crippen LogP contribution in [0.5, 0.6) is 0 Å². The van der Waals surface area contributed by atoms with E-state index in [9.17, 15) is 4.79 Å². The first kappa shape index (κ1) is 27.9. The molecule has 1 saturated heterocycles. The predicted octanol–water partition coefficient (Wildman–Crippen LogP) is 4.26. The fourth-order valence-electron chi connectivity index (χ4n) is 5.44. The van der Waals surface area contributed by atoms with Crippen LogP contribution in [-0.2, 0) is 14.3 Å². The monoisotopic (exact) mass is 547 g/mol. The van der Waals surface area contributed by atoms with Gasteiger partial charge in [-0.1, -0.05) is 69.4 Å². The molecule has 1 fully saturated rings. The van der Waals surface area contributed by atoms with Gasteiger partial charge in [0.1, 0.15) is 17.9 Å². The minimum atomic E-state index is -0.829. The molecule has 0 unspecified atom stereocenters. The van der Waals surface area contributed by atoms with E-state index in [2.05, 4.69) is 37.4 Å². The highest BCUT2D eigenvalue weighted by atomic mass is 16.7. The molecule has 11 heteroatoms. The molecule has 0 bridgehead atoms. The number of fused-ring (bicyclic) bond motifs is 1. The molecule has 0 saturated carbocycles. The summed E-state index contributed by atoms with van der Waals surface area (Å²) in [6.45, 7) is 3.52. The number of imidazole rings is 1. The van der Waals surface area contributed by atoms with Crippen molar-refractivity contribution < 1.29 is 19.1 Å². The third-order valence-corrected chi connectivity index (χ3v) is 7.73. The summed E-state index contributed by atoms with van der Waals surface area (Å²) in [5.41, 5.74) is 4.14. The molecular weight excluding hydrogens is 510 g/mol. The quantitative estimate of drug-likeness (QED) is 0.193. The maximum absolute atomic E-state index is 13.5. The van der Waals surface area contributed by atoms with E-state index in [0.717, 1.165) is 36.1 Å². The molecule has 3 heterocycles. The number of nitrogens with one attached hydrogen (secondary N) is 1. The Morgan fingerprint density at radius 3 is 2.58 bits per heavy atom. The number of aromatic nitrogens is 6. The van der Waals surface area contributed by atoms with Crippen molar-refractivity contribution in [3.05, 3.63) is 48.8 Å². The number of carbonyl (C=O) groups is 1. The Bertz CT molecular complexity index is 1400. The Morgan fingerprint density at radius 2 is 1.82 bits per heavy atom. The van der Waals surface area contributed by atoms with E-state index < -0.39 is 11.8 Å². The molecule has 0 radical (unpaired) electrons. The molecule has 212 valence electrons. The minimum absolute atomic E-state index is 0.354. The summed E-state index contributed by atoms with van der Waals surface area (Å²) in [4.78, 5) is 26.0. The summed E-state index contributed by atoms with van der Waals surface area (Å²) < 4.78 is 12.9. The predicted molar refractivity (Wildman–Crippen MR) is 150 cm³/mol. The SMILES string of the molecule is CCCCCCCCN1CC(OC)(OC)C[C@H]1C(=O)On1cnc2cc(-c3ccccc3-c3nn[nH]n3)ccc21. The van der Waals surface area contributed by atoms with Gasteiger partial charge in [-0.3, -0.25) is 4.90 Å². The number of tetrazole rings is 1. The first-order valence-corrected chi connectivity index (χ1v) is 13.9. The van der Waals surface area contributed by atoms with Crippen LogP contribution in [0.3, 0.4) is 0 Å². The summed E-state index contributed by atoms with van der Waals surface area (Å²) in [5, 5.41) is 14.4. The topological polar surface area (TPSA) is 120 Å². The lowest BCUT2D eigenvalue weighted by molar-refractivity contribution is -0.196. The van der Waals surface area contributed by atoms with Crippen molar-refractivity contribution in [3.63, 3.8) is 0 Å². The van der Waals surface area contributed by atoms with E-state index in [1.165, 1.54) is 36.7 Å². The van der Waals surface area contributed by atoms with Crippen LogP contribution in [-0.4, -0.2) is 80.3 Å². The second kappa shape index (κ2) is 12.7. The fraction of sp³-hybridized carbons (Fsp3) is 0.483. The van der Waals surface area contributed by atoms with Crippen LogP contribution in [0.4, 0.5) is 0 Å². The molecule has 1 N–H and O–H groups in total. The van der Waals surface area contributed by atoms with E-state index in [-0.39, 0.29) is 5.97 Å². The number of aromatic amines is 1. The van der Waals surface area contributed by atoms with E-state index in [0.29, 0.717) is 29.8 Å². The number of rotatable bonds is 13. The maximum Gasteiger partial charge on any atom is 0.350 e. The van der Waals surface area contributed by atoms with Crippen LogP contribution in [0.2, 0.25) is 0 Å².